The Hall–Kier alpha value is -1.88. The molecule has 1 amide bonds. The van der Waals surface area contributed by atoms with Crippen LogP contribution in [0, 0.1) is 12.8 Å². The molecule has 0 aliphatic carbocycles. The molecule has 0 saturated carbocycles. The van der Waals surface area contributed by atoms with E-state index < -0.39 is 17.9 Å². The van der Waals surface area contributed by atoms with Crippen LogP contribution in [0.15, 0.2) is 24.3 Å². The smallest absolute Gasteiger partial charge is 0.311 e. The summed E-state index contributed by atoms with van der Waals surface area (Å²) in [6, 6.07) is 7.61. The Morgan fingerprint density at radius 2 is 2.00 bits per heavy atom. The van der Waals surface area contributed by atoms with E-state index in [0.717, 1.165) is 5.56 Å². The van der Waals surface area contributed by atoms with E-state index in [1.807, 2.05) is 31.2 Å². The van der Waals surface area contributed by atoms with Gasteiger partial charge in [0.2, 0.25) is 5.91 Å². The molecule has 2 atom stereocenters. The van der Waals surface area contributed by atoms with E-state index >= 15 is 0 Å². The van der Waals surface area contributed by atoms with E-state index in [9.17, 15) is 9.59 Å². The summed E-state index contributed by atoms with van der Waals surface area (Å²) in [6.45, 7) is 2.45. The number of hydrogen-bond acceptors (Lipinski definition) is 3. The van der Waals surface area contributed by atoms with Gasteiger partial charge in [0.25, 0.3) is 0 Å². The molecule has 0 bridgehead atoms. The lowest BCUT2D eigenvalue weighted by molar-refractivity contribution is -0.142. The minimum Gasteiger partial charge on any atom is -0.481 e. The summed E-state index contributed by atoms with van der Waals surface area (Å²) >= 11 is 0. The van der Waals surface area contributed by atoms with Crippen LogP contribution < -0.4 is 5.32 Å². The van der Waals surface area contributed by atoms with Gasteiger partial charge in [-0.3, -0.25) is 9.59 Å². The predicted octanol–water partition coefficient (Wildman–Crippen LogP) is 1.14. The monoisotopic (exact) mass is 277 g/mol. The Kier molecular flexibility index (Phi) is 4.74. The Morgan fingerprint density at radius 3 is 2.65 bits per heavy atom. The van der Waals surface area contributed by atoms with Gasteiger partial charge in [0.1, 0.15) is 5.92 Å². The summed E-state index contributed by atoms with van der Waals surface area (Å²) in [5.41, 5.74) is 2.29. The highest BCUT2D eigenvalue weighted by Crippen LogP contribution is 2.14. The lowest BCUT2D eigenvalue weighted by atomic mass is 10.0. The first kappa shape index (κ1) is 14.5. The normalized spacial score (nSPS) is 21.6. The van der Waals surface area contributed by atoms with Crippen LogP contribution >= 0.6 is 0 Å². The van der Waals surface area contributed by atoms with E-state index in [1.165, 1.54) is 5.56 Å². The van der Waals surface area contributed by atoms with E-state index in [2.05, 4.69) is 5.32 Å². The minimum atomic E-state index is -0.925. The number of benzene rings is 1. The maximum absolute atomic E-state index is 11.8. The second-order valence-corrected chi connectivity index (χ2v) is 5.14. The van der Waals surface area contributed by atoms with Gasteiger partial charge < -0.3 is 15.2 Å². The summed E-state index contributed by atoms with van der Waals surface area (Å²) in [5, 5.41) is 11.7. The first-order chi connectivity index (χ1) is 9.56. The number of carbonyl (C=O) groups excluding carboxylic acids is 1. The average molecular weight is 277 g/mol. The van der Waals surface area contributed by atoms with Crippen LogP contribution in [-0.4, -0.2) is 36.2 Å². The third-order valence-electron chi connectivity index (χ3n) is 3.51. The zero-order valence-corrected chi connectivity index (χ0v) is 11.5. The molecule has 5 nitrogen and oxygen atoms in total. The van der Waals surface area contributed by atoms with Crippen LogP contribution in [0.1, 0.15) is 17.5 Å². The van der Waals surface area contributed by atoms with Crippen molar-refractivity contribution in [2.75, 3.05) is 13.2 Å². The second-order valence-electron chi connectivity index (χ2n) is 5.14. The number of nitrogens with one attached hydrogen (secondary N) is 1. The van der Waals surface area contributed by atoms with E-state index in [0.29, 0.717) is 12.8 Å². The standard InChI is InChI=1S/C15H19NO4/c1-10-2-4-11(5-3-10)6-7-14(17)16-13-9-20-8-12(13)15(18)19/h2-5,12-13H,6-9H2,1H3,(H,16,17)(H,18,19). The number of ether oxygens (including phenoxy) is 1. The van der Waals surface area contributed by atoms with Gasteiger partial charge in [-0.25, -0.2) is 0 Å². The number of amides is 1. The third kappa shape index (κ3) is 3.81. The van der Waals surface area contributed by atoms with Gasteiger partial charge in [-0.1, -0.05) is 29.8 Å². The fraction of sp³-hybridized carbons (Fsp3) is 0.467. The highest BCUT2D eigenvalue weighted by molar-refractivity contribution is 5.78. The third-order valence-corrected chi connectivity index (χ3v) is 3.51. The highest BCUT2D eigenvalue weighted by Gasteiger charge is 2.34. The molecule has 1 aromatic carbocycles. The minimum absolute atomic E-state index is 0.132. The Labute approximate surface area is 117 Å². The van der Waals surface area contributed by atoms with Crippen LogP contribution in [-0.2, 0) is 20.7 Å². The van der Waals surface area contributed by atoms with Crippen molar-refractivity contribution >= 4 is 11.9 Å². The quantitative estimate of drug-likeness (QED) is 0.846. The number of rotatable bonds is 5. The maximum Gasteiger partial charge on any atom is 0.311 e. The SMILES string of the molecule is Cc1ccc(CCC(=O)NC2COCC2C(=O)O)cc1. The summed E-state index contributed by atoms with van der Waals surface area (Å²) in [7, 11) is 0. The number of carboxylic acids is 1. The first-order valence-corrected chi connectivity index (χ1v) is 6.71. The molecule has 1 aliphatic rings. The van der Waals surface area contributed by atoms with Gasteiger partial charge in [-0.05, 0) is 18.9 Å². The summed E-state index contributed by atoms with van der Waals surface area (Å²) in [5.74, 6) is -1.70. The predicted molar refractivity (Wildman–Crippen MR) is 73.4 cm³/mol. The maximum atomic E-state index is 11.8. The van der Waals surface area contributed by atoms with E-state index in [-0.39, 0.29) is 19.1 Å². The van der Waals surface area contributed by atoms with Crippen molar-refractivity contribution in [1.82, 2.24) is 5.32 Å². The highest BCUT2D eigenvalue weighted by atomic mass is 16.5. The van der Waals surface area contributed by atoms with Gasteiger partial charge >= 0.3 is 5.97 Å². The fourth-order valence-electron chi connectivity index (χ4n) is 2.23. The van der Waals surface area contributed by atoms with Crippen molar-refractivity contribution in [3.8, 4) is 0 Å². The van der Waals surface area contributed by atoms with Crippen LogP contribution in [0.3, 0.4) is 0 Å². The number of carbonyl (C=O) groups is 2. The van der Waals surface area contributed by atoms with Crippen LogP contribution in [0.25, 0.3) is 0 Å². The summed E-state index contributed by atoms with van der Waals surface area (Å²) in [6.07, 6.45) is 1.00. The molecule has 2 N–H and O–H groups in total. The van der Waals surface area contributed by atoms with Crippen LogP contribution in [0.4, 0.5) is 0 Å². The van der Waals surface area contributed by atoms with Crippen molar-refractivity contribution < 1.29 is 19.4 Å². The van der Waals surface area contributed by atoms with Crippen LogP contribution in [0.5, 0.6) is 0 Å². The largest absolute Gasteiger partial charge is 0.481 e. The first-order valence-electron chi connectivity index (χ1n) is 6.71. The van der Waals surface area contributed by atoms with Crippen molar-refractivity contribution in [1.29, 1.82) is 0 Å². The lowest BCUT2D eigenvalue weighted by Gasteiger charge is -2.15. The Bertz CT molecular complexity index is 483. The molecule has 1 fully saturated rings. The second kappa shape index (κ2) is 6.52. The van der Waals surface area contributed by atoms with Crippen molar-refractivity contribution in [2.24, 2.45) is 5.92 Å². The molecule has 2 rings (SSSR count). The fourth-order valence-corrected chi connectivity index (χ4v) is 2.23. The Morgan fingerprint density at radius 1 is 1.30 bits per heavy atom. The van der Waals surface area contributed by atoms with Crippen molar-refractivity contribution in [2.45, 2.75) is 25.8 Å². The van der Waals surface area contributed by atoms with Gasteiger partial charge in [0.15, 0.2) is 0 Å². The molecular weight excluding hydrogens is 258 g/mol. The molecule has 0 radical (unpaired) electrons. The van der Waals surface area contributed by atoms with Gasteiger partial charge in [-0.2, -0.15) is 0 Å². The zero-order chi connectivity index (χ0) is 14.5. The van der Waals surface area contributed by atoms with Gasteiger partial charge in [-0.15, -0.1) is 0 Å². The van der Waals surface area contributed by atoms with Crippen molar-refractivity contribution in [3.63, 3.8) is 0 Å². The number of carboxylic acid groups (broad SMARTS) is 1. The molecule has 2 unspecified atom stereocenters. The van der Waals surface area contributed by atoms with E-state index in [4.69, 9.17) is 9.84 Å². The van der Waals surface area contributed by atoms with Crippen molar-refractivity contribution in [3.05, 3.63) is 35.4 Å². The van der Waals surface area contributed by atoms with Crippen LogP contribution in [0.2, 0.25) is 0 Å². The molecule has 0 spiro atoms. The number of aliphatic carboxylic acids is 1. The number of hydrogen-bond donors (Lipinski definition) is 2. The summed E-state index contributed by atoms with van der Waals surface area (Å²) in [4.78, 5) is 22.8. The molecule has 1 saturated heterocycles. The Balaban J connectivity index is 1.80. The molecule has 1 aliphatic heterocycles. The molecule has 108 valence electrons. The topological polar surface area (TPSA) is 75.6 Å². The lowest BCUT2D eigenvalue weighted by Crippen LogP contribution is -2.42. The zero-order valence-electron chi connectivity index (χ0n) is 11.5. The molecule has 5 heteroatoms. The molecule has 1 aromatic rings. The molecular formula is C15H19NO4. The summed E-state index contributed by atoms with van der Waals surface area (Å²) < 4.78 is 5.11. The number of aryl methyl sites for hydroxylation is 2. The average Bonchev–Trinajstić information content (AvgIpc) is 2.86. The molecule has 1 heterocycles. The molecule has 0 aromatic heterocycles. The molecule has 20 heavy (non-hydrogen) atoms. The van der Waals surface area contributed by atoms with Gasteiger partial charge in [0, 0.05) is 6.42 Å². The van der Waals surface area contributed by atoms with E-state index in [1.54, 1.807) is 0 Å². The van der Waals surface area contributed by atoms with Gasteiger partial charge in [0.05, 0.1) is 19.3 Å².